The lowest BCUT2D eigenvalue weighted by Gasteiger charge is -2.26. The summed E-state index contributed by atoms with van der Waals surface area (Å²) in [6, 6.07) is 0. The summed E-state index contributed by atoms with van der Waals surface area (Å²) in [6.45, 7) is 9.40. The van der Waals surface area contributed by atoms with Crippen molar-refractivity contribution in [2.45, 2.75) is 71.6 Å². The Kier molecular flexibility index (Phi) is 15.2. The molecule has 0 fully saturated rings. The van der Waals surface area contributed by atoms with Crippen LogP contribution in [0.2, 0.25) is 0 Å². The molecule has 11 nitrogen and oxygen atoms in total. The Morgan fingerprint density at radius 3 is 2.26 bits per heavy atom. The number of rotatable bonds is 15. The number of nitrogens with two attached hydrogens (primary N) is 1. The van der Waals surface area contributed by atoms with Gasteiger partial charge in [-0.15, -0.1) is 0 Å². The summed E-state index contributed by atoms with van der Waals surface area (Å²) in [5.74, 6) is 4.94. The summed E-state index contributed by atoms with van der Waals surface area (Å²) in [5, 5.41) is 12.0. The number of aliphatic hydroxyl groups is 1. The average Bonchev–Trinajstić information content (AvgIpc) is 2.57. The Morgan fingerprint density at radius 1 is 1.04 bits per heavy atom. The molecule has 0 aromatic carbocycles. The van der Waals surface area contributed by atoms with Crippen molar-refractivity contribution in [1.29, 1.82) is 3.56 Å². The third kappa shape index (κ3) is 14.2. The van der Waals surface area contributed by atoms with Crippen LogP contribution in [0.4, 0.5) is 4.79 Å². The maximum absolute atomic E-state index is 11.7. The minimum Gasteiger partial charge on any atom is -0.444 e. The zero-order valence-electron chi connectivity index (χ0n) is 16.3. The van der Waals surface area contributed by atoms with Crippen molar-refractivity contribution in [2.75, 3.05) is 19.8 Å². The number of alkyl carbamates (subject to hydrolysis) is 1. The molecule has 0 aromatic rings. The third-order valence-corrected chi connectivity index (χ3v) is 3.97. The number of ether oxygens (including phenoxy) is 4. The lowest BCUT2D eigenvalue weighted by atomic mass is 10.2. The van der Waals surface area contributed by atoms with Crippen LogP contribution in [0.5, 0.6) is 0 Å². The molecule has 12 heteroatoms. The van der Waals surface area contributed by atoms with Crippen LogP contribution in [0.1, 0.15) is 34.6 Å². The van der Waals surface area contributed by atoms with Crippen LogP contribution in [0.3, 0.4) is 0 Å². The highest BCUT2D eigenvalue weighted by Gasteiger charge is 2.22. The van der Waals surface area contributed by atoms with Gasteiger partial charge in [-0.05, 0) is 34.6 Å². The van der Waals surface area contributed by atoms with Crippen LogP contribution in [0.25, 0.3) is 0 Å². The summed E-state index contributed by atoms with van der Waals surface area (Å²) in [7, 11) is 0. The molecule has 0 spiro atoms. The number of amides is 1. The van der Waals surface area contributed by atoms with Gasteiger partial charge in [-0.2, -0.15) is 0 Å². The highest BCUT2D eigenvalue weighted by Crippen LogP contribution is 2.10. The number of carbonyl (C=O) groups excluding carboxylic acids is 1. The second-order valence-corrected chi connectivity index (χ2v) is 7.10. The molecular weight excluding hydrogens is 477 g/mol. The number of halogens is 1. The molecule has 1 amide bonds. The van der Waals surface area contributed by atoms with E-state index in [4.69, 9.17) is 31.5 Å². The second kappa shape index (κ2) is 15.4. The topological polar surface area (TPSA) is 155 Å². The summed E-state index contributed by atoms with van der Waals surface area (Å²) >= 11 is -0.993. The van der Waals surface area contributed by atoms with Crippen molar-refractivity contribution in [3.05, 3.63) is 0 Å². The van der Waals surface area contributed by atoms with Gasteiger partial charge in [-0.25, -0.2) is 10.7 Å². The van der Waals surface area contributed by atoms with Crippen LogP contribution in [-0.2, 0) is 26.9 Å². The highest BCUT2D eigenvalue weighted by atomic mass is 127. The molecule has 0 radical (unpaired) electrons. The van der Waals surface area contributed by atoms with Gasteiger partial charge in [-0.3, -0.25) is 8.88 Å². The monoisotopic (exact) mass is 509 g/mol. The van der Waals surface area contributed by atoms with Crippen molar-refractivity contribution < 1.29 is 36.8 Å². The van der Waals surface area contributed by atoms with Crippen LogP contribution >= 0.6 is 21.4 Å². The number of hydrogen-bond donors (Lipinski definition) is 4. The predicted octanol–water partition coefficient (Wildman–Crippen LogP) is 1.54. The number of carbonyl (C=O) groups is 1. The van der Waals surface area contributed by atoms with E-state index in [1.165, 1.54) is 0 Å². The summed E-state index contributed by atoms with van der Waals surface area (Å²) in [4.78, 5) is 16.2. The van der Waals surface area contributed by atoms with Gasteiger partial charge in [0.1, 0.15) is 6.10 Å². The first-order chi connectivity index (χ1) is 12.7. The van der Waals surface area contributed by atoms with Crippen molar-refractivity contribution in [3.8, 4) is 0 Å². The van der Waals surface area contributed by atoms with E-state index in [0.29, 0.717) is 6.61 Å². The highest BCUT2D eigenvalue weighted by molar-refractivity contribution is 14.1. The van der Waals surface area contributed by atoms with E-state index >= 15 is 0 Å². The SMILES string of the molecule is CC(CON)OCC(C)OC(=O)NC(O)OC(C)C(C)OC(C)COI=N. The molecule has 0 aromatic heterocycles. The number of nitrogens with one attached hydrogen (secondary N) is 2. The molecule has 0 heterocycles. The first-order valence-electron chi connectivity index (χ1n) is 8.51. The lowest BCUT2D eigenvalue weighted by Crippen LogP contribution is -2.43. The molecule has 0 aliphatic carbocycles. The molecule has 162 valence electrons. The van der Waals surface area contributed by atoms with Crippen molar-refractivity contribution in [3.63, 3.8) is 0 Å². The number of aliphatic hydroxyl groups excluding tert-OH is 1. The largest absolute Gasteiger partial charge is 0.444 e. The maximum Gasteiger partial charge on any atom is 0.411 e. The Balaban J connectivity index is 4.11. The Bertz CT molecular complexity index is 421. The summed E-state index contributed by atoms with van der Waals surface area (Å²) in [5.41, 5.74) is 0. The van der Waals surface area contributed by atoms with Crippen molar-refractivity contribution in [2.24, 2.45) is 5.90 Å². The zero-order valence-corrected chi connectivity index (χ0v) is 18.5. The van der Waals surface area contributed by atoms with Gasteiger partial charge < -0.3 is 32.0 Å². The van der Waals surface area contributed by atoms with Gasteiger partial charge in [-0.1, -0.05) is 0 Å². The average molecular weight is 509 g/mol. The van der Waals surface area contributed by atoms with Crippen LogP contribution in [-0.4, -0.2) is 68.0 Å². The molecule has 5 N–H and O–H groups in total. The minimum atomic E-state index is -1.55. The third-order valence-electron chi connectivity index (χ3n) is 3.30. The Morgan fingerprint density at radius 2 is 1.67 bits per heavy atom. The molecule has 27 heavy (non-hydrogen) atoms. The van der Waals surface area contributed by atoms with Gasteiger partial charge in [0, 0.05) is 0 Å². The fourth-order valence-electron chi connectivity index (χ4n) is 1.82. The van der Waals surface area contributed by atoms with E-state index in [1.807, 2.05) is 6.92 Å². The molecule has 0 aliphatic rings. The first kappa shape index (κ1) is 26.5. The Labute approximate surface area is 170 Å². The first-order valence-corrected chi connectivity index (χ1v) is 10.5. The molecule has 0 aliphatic heterocycles. The molecule has 0 saturated heterocycles. The van der Waals surface area contributed by atoms with Gasteiger partial charge in [0.05, 0.1) is 44.2 Å². The van der Waals surface area contributed by atoms with E-state index in [0.717, 1.165) is 0 Å². The van der Waals surface area contributed by atoms with Crippen molar-refractivity contribution in [1.82, 2.24) is 5.32 Å². The van der Waals surface area contributed by atoms with E-state index in [-0.39, 0.29) is 31.5 Å². The van der Waals surface area contributed by atoms with Crippen molar-refractivity contribution >= 4 is 27.5 Å². The van der Waals surface area contributed by atoms with E-state index in [2.05, 4.69) is 10.2 Å². The summed E-state index contributed by atoms with van der Waals surface area (Å²) < 4.78 is 33.5. The fraction of sp³-hybridized carbons (Fsp3) is 0.933. The minimum absolute atomic E-state index is 0.150. The van der Waals surface area contributed by atoms with Gasteiger partial charge in [0.15, 0.2) is 21.4 Å². The zero-order chi connectivity index (χ0) is 20.8. The molecule has 6 atom stereocenters. The summed E-state index contributed by atoms with van der Waals surface area (Å²) in [6.07, 6.45) is -4.26. The van der Waals surface area contributed by atoms with Gasteiger partial charge >= 0.3 is 6.09 Å². The van der Waals surface area contributed by atoms with E-state index in [1.54, 1.807) is 27.7 Å². The van der Waals surface area contributed by atoms with Crippen LogP contribution < -0.4 is 11.2 Å². The van der Waals surface area contributed by atoms with E-state index < -0.39 is 46.2 Å². The second-order valence-electron chi connectivity index (χ2n) is 6.04. The molecule has 0 saturated carbocycles. The molecular formula is C15H32IN3O8. The molecule has 0 bridgehead atoms. The van der Waals surface area contributed by atoms with Crippen LogP contribution in [0.15, 0.2) is 0 Å². The van der Waals surface area contributed by atoms with Crippen LogP contribution in [0, 0.1) is 3.56 Å². The van der Waals surface area contributed by atoms with Gasteiger partial charge in [0.25, 0.3) is 0 Å². The van der Waals surface area contributed by atoms with Gasteiger partial charge in [0.2, 0.25) is 6.41 Å². The molecule has 6 unspecified atom stereocenters. The standard InChI is InChI=1S/C15H32IN3O8/c1-9(8-24-18)22-6-10(2)26-14(20)19-15(21)27-13(5)12(4)25-11(3)7-23-16-17/h9-13,15,17,21H,6-8,18H2,1-5H3,(H,19,20). The predicted molar refractivity (Wildman–Crippen MR) is 104 cm³/mol. The quantitative estimate of drug-likeness (QED) is 0.146. The smallest absolute Gasteiger partial charge is 0.411 e. The Hall–Kier alpha value is -0.480. The fourth-order valence-corrected chi connectivity index (χ4v) is 2.51. The number of hydrogen-bond acceptors (Lipinski definition) is 10. The van der Waals surface area contributed by atoms with E-state index in [9.17, 15) is 9.90 Å². The molecule has 0 rings (SSSR count). The normalized spacial score (nSPS) is 18.2. The lowest BCUT2D eigenvalue weighted by molar-refractivity contribution is -0.183. The maximum atomic E-state index is 11.7.